The maximum atomic E-state index is 11.8. The Balaban J connectivity index is 2.63. The lowest BCUT2D eigenvalue weighted by atomic mass is 10.3. The molecule has 0 aromatic rings. The molecule has 10 heavy (non-hydrogen) atoms. The first kappa shape index (κ1) is 7.68. The molecule has 0 saturated carbocycles. The summed E-state index contributed by atoms with van der Waals surface area (Å²) in [5, 5.41) is -2.27. The fraction of sp³-hybridized carbons (Fsp3) is 0.750. The number of carbonyl (C=O) groups excluding carboxylic acids is 1. The zero-order chi connectivity index (χ0) is 7.78. The van der Waals surface area contributed by atoms with Gasteiger partial charge in [-0.05, 0) is 0 Å². The van der Waals surface area contributed by atoms with Crippen molar-refractivity contribution in [3.63, 3.8) is 0 Å². The van der Waals surface area contributed by atoms with Crippen LogP contribution in [0.25, 0.3) is 0 Å². The van der Waals surface area contributed by atoms with Crippen molar-refractivity contribution >= 4 is 17.6 Å². The summed E-state index contributed by atoms with van der Waals surface area (Å²) < 4.78 is 23.6. The zero-order valence-electron chi connectivity index (χ0n) is 4.64. The fourth-order valence-corrected chi connectivity index (χ4v) is 0.626. The van der Waals surface area contributed by atoms with Crippen LogP contribution < -0.4 is 0 Å². The molecule has 6 heteroatoms. The van der Waals surface area contributed by atoms with Gasteiger partial charge in [-0.2, -0.15) is 4.89 Å². The van der Waals surface area contributed by atoms with Crippen molar-refractivity contribution in [3.8, 4) is 0 Å². The van der Waals surface area contributed by atoms with E-state index in [0.29, 0.717) is 0 Å². The highest BCUT2D eigenvalue weighted by Crippen LogP contribution is 2.34. The topological polar surface area (TPSA) is 35.5 Å². The van der Waals surface area contributed by atoms with Crippen LogP contribution in [0.5, 0.6) is 0 Å². The average Bonchev–Trinajstić information content (AvgIpc) is 2.13. The molecule has 3 nitrogen and oxygen atoms in total. The average molecular weight is 173 g/mol. The van der Waals surface area contributed by atoms with Gasteiger partial charge in [0.05, 0.1) is 0 Å². The van der Waals surface area contributed by atoms with Crippen LogP contribution in [0.4, 0.5) is 8.78 Å². The van der Waals surface area contributed by atoms with Crippen LogP contribution in [0.15, 0.2) is 0 Å². The Bertz CT molecular complexity index is 163. The van der Waals surface area contributed by atoms with Gasteiger partial charge in [0.15, 0.2) is 0 Å². The molecule has 58 valence electrons. The van der Waals surface area contributed by atoms with E-state index in [9.17, 15) is 13.6 Å². The Hall–Kier alpha value is -0.420. The largest absolute Gasteiger partial charge is 0.347 e. The van der Waals surface area contributed by atoms with E-state index in [0.717, 1.165) is 0 Å². The molecule has 0 aromatic carbocycles. The predicted molar refractivity (Wildman–Crippen MR) is 26.4 cm³/mol. The van der Waals surface area contributed by atoms with E-state index in [1.807, 2.05) is 0 Å². The minimum absolute atomic E-state index is 0.619. The lowest BCUT2D eigenvalue weighted by Crippen LogP contribution is -2.29. The number of rotatable bonds is 1. The van der Waals surface area contributed by atoms with Crippen molar-refractivity contribution in [2.75, 3.05) is 0 Å². The summed E-state index contributed by atoms with van der Waals surface area (Å²) in [6, 6.07) is 0. The van der Waals surface area contributed by atoms with Gasteiger partial charge >= 0.3 is 5.97 Å². The third kappa shape index (κ3) is 1.19. The van der Waals surface area contributed by atoms with Crippen LogP contribution in [0.1, 0.15) is 6.42 Å². The number of hydrogen-bond donors (Lipinski definition) is 0. The van der Waals surface area contributed by atoms with Gasteiger partial charge in [0.1, 0.15) is 6.42 Å². The molecule has 1 unspecified atom stereocenters. The third-order valence-corrected chi connectivity index (χ3v) is 1.35. The normalized spacial score (nSPS) is 33.0. The monoisotopic (exact) mass is 172 g/mol. The summed E-state index contributed by atoms with van der Waals surface area (Å²) in [5.41, 5.74) is 0. The molecule has 1 saturated heterocycles. The van der Waals surface area contributed by atoms with E-state index in [-0.39, 0.29) is 0 Å². The molecule has 1 aliphatic rings. The first-order chi connectivity index (χ1) is 4.54. The predicted octanol–water partition coefficient (Wildman–Crippen LogP) is 1.07. The van der Waals surface area contributed by atoms with Crippen molar-refractivity contribution < 1.29 is 23.4 Å². The van der Waals surface area contributed by atoms with Crippen LogP contribution in [-0.4, -0.2) is 17.5 Å². The molecule has 0 radical (unpaired) electrons. The highest BCUT2D eigenvalue weighted by atomic mass is 35.5. The molecule has 0 spiro atoms. The Labute approximate surface area is 59.8 Å². The van der Waals surface area contributed by atoms with Crippen LogP contribution in [-0.2, 0) is 14.6 Å². The van der Waals surface area contributed by atoms with Gasteiger partial charge in [0.2, 0.25) is 0 Å². The Morgan fingerprint density at radius 1 is 1.70 bits per heavy atom. The molecule has 1 atom stereocenters. The second-order valence-corrected chi connectivity index (χ2v) is 2.44. The Morgan fingerprint density at radius 2 is 2.30 bits per heavy atom. The molecule has 0 aliphatic carbocycles. The van der Waals surface area contributed by atoms with Gasteiger partial charge in [0.25, 0.3) is 11.5 Å². The highest BCUT2D eigenvalue weighted by Gasteiger charge is 2.49. The maximum absolute atomic E-state index is 11.8. The van der Waals surface area contributed by atoms with Crippen LogP contribution in [0.3, 0.4) is 0 Å². The van der Waals surface area contributed by atoms with E-state index in [1.54, 1.807) is 0 Å². The molecule has 0 bridgehead atoms. The van der Waals surface area contributed by atoms with Gasteiger partial charge in [-0.25, -0.2) is 13.6 Å². The molecule has 1 heterocycles. The SMILES string of the molecule is O=C1CC(Cl)(C(F)F)OO1. The molecule has 1 aliphatic heterocycles. The molecule has 1 fully saturated rings. The quantitative estimate of drug-likeness (QED) is 0.438. The first-order valence-corrected chi connectivity index (χ1v) is 2.78. The molecule has 0 aromatic heterocycles. The van der Waals surface area contributed by atoms with E-state index < -0.39 is 23.9 Å². The second kappa shape index (κ2) is 2.32. The lowest BCUT2D eigenvalue weighted by molar-refractivity contribution is -0.291. The summed E-state index contributed by atoms with van der Waals surface area (Å²) >= 11 is 5.08. The number of hydrogen-bond acceptors (Lipinski definition) is 3. The number of alkyl halides is 3. The van der Waals surface area contributed by atoms with Gasteiger partial charge in [0, 0.05) is 0 Å². The zero-order valence-corrected chi connectivity index (χ0v) is 5.40. The number of halogens is 3. The molecule has 0 amide bonds. The molecular formula is C4H3ClF2O3. The summed E-state index contributed by atoms with van der Waals surface area (Å²) in [4.78, 5) is 17.9. The standard InChI is InChI=1S/C4H3ClF2O3/c5-4(3(6)7)1-2(8)9-10-4/h3H,1H2. The summed E-state index contributed by atoms with van der Waals surface area (Å²) in [5.74, 6) is -0.879. The van der Waals surface area contributed by atoms with Crippen molar-refractivity contribution in [1.82, 2.24) is 0 Å². The maximum Gasteiger partial charge on any atom is 0.347 e. The van der Waals surface area contributed by atoms with Crippen molar-refractivity contribution in [2.45, 2.75) is 17.9 Å². The fourth-order valence-electron chi connectivity index (χ4n) is 0.485. The van der Waals surface area contributed by atoms with Crippen molar-refractivity contribution in [3.05, 3.63) is 0 Å². The summed E-state index contributed by atoms with van der Waals surface area (Å²) in [6.45, 7) is 0. The van der Waals surface area contributed by atoms with Crippen LogP contribution >= 0.6 is 11.6 Å². The minimum atomic E-state index is -2.93. The van der Waals surface area contributed by atoms with E-state index >= 15 is 0 Å². The summed E-state index contributed by atoms with van der Waals surface area (Å²) in [7, 11) is 0. The Morgan fingerprint density at radius 3 is 2.50 bits per heavy atom. The summed E-state index contributed by atoms with van der Waals surface area (Å²) in [6.07, 6.45) is -3.55. The highest BCUT2D eigenvalue weighted by molar-refractivity contribution is 6.24. The van der Waals surface area contributed by atoms with Crippen molar-refractivity contribution in [2.24, 2.45) is 0 Å². The smallest absolute Gasteiger partial charge is 0.296 e. The second-order valence-electron chi connectivity index (χ2n) is 1.80. The molecule has 0 N–H and O–H groups in total. The van der Waals surface area contributed by atoms with Gasteiger partial charge in [-0.1, -0.05) is 11.6 Å². The molecular weight excluding hydrogens is 169 g/mol. The minimum Gasteiger partial charge on any atom is -0.296 e. The number of carbonyl (C=O) groups is 1. The first-order valence-electron chi connectivity index (χ1n) is 2.40. The van der Waals surface area contributed by atoms with E-state index in [2.05, 4.69) is 9.78 Å². The lowest BCUT2D eigenvalue weighted by Gasteiger charge is -2.12. The van der Waals surface area contributed by atoms with E-state index in [1.165, 1.54) is 0 Å². The Kier molecular flexibility index (Phi) is 1.78. The van der Waals surface area contributed by atoms with Crippen LogP contribution in [0.2, 0.25) is 0 Å². The van der Waals surface area contributed by atoms with Crippen LogP contribution in [0, 0.1) is 0 Å². The van der Waals surface area contributed by atoms with E-state index in [4.69, 9.17) is 11.6 Å². The third-order valence-electron chi connectivity index (χ3n) is 0.984. The van der Waals surface area contributed by atoms with Gasteiger partial charge in [-0.3, -0.25) is 4.89 Å². The van der Waals surface area contributed by atoms with Gasteiger partial charge < -0.3 is 0 Å². The molecule has 1 rings (SSSR count). The van der Waals surface area contributed by atoms with Gasteiger partial charge in [-0.15, -0.1) is 0 Å². The van der Waals surface area contributed by atoms with Crippen molar-refractivity contribution in [1.29, 1.82) is 0 Å².